The number of hydrogen-bond donors (Lipinski definition) is 1. The molecule has 0 bridgehead atoms. The van der Waals surface area contributed by atoms with Gasteiger partial charge < -0.3 is 9.73 Å². The first-order chi connectivity index (χ1) is 16.6. The number of hydrogen-bond acceptors (Lipinski definition) is 9. The van der Waals surface area contributed by atoms with E-state index in [0.29, 0.717) is 39.1 Å². The third-order valence-corrected chi connectivity index (χ3v) is 6.49. The molecule has 9 nitrogen and oxygen atoms in total. The summed E-state index contributed by atoms with van der Waals surface area (Å²) in [5.74, 6) is 0.570. The standard InChI is InChI=1S/C23H18N6O3S2/c1-14(30)24-22-25-16(12-33-22)13-34-23-27-26-20(32-23)19-17-9-5-6-10-18(17)21(31)29(28-19)11-15-7-3-2-4-8-15/h2-10,12H,11,13H2,1H3,(H,24,25,30). The SMILES string of the molecule is CC(=O)Nc1nc(CSc2nnc(-c3nn(Cc4ccccc4)c(=O)c4ccccc34)o2)cs1. The summed E-state index contributed by atoms with van der Waals surface area (Å²) < 4.78 is 7.30. The topological polar surface area (TPSA) is 116 Å². The van der Waals surface area contributed by atoms with E-state index in [4.69, 9.17) is 4.42 Å². The highest BCUT2D eigenvalue weighted by atomic mass is 32.2. The van der Waals surface area contributed by atoms with Crippen molar-refractivity contribution in [3.8, 4) is 11.6 Å². The van der Waals surface area contributed by atoms with E-state index in [-0.39, 0.29) is 17.4 Å². The van der Waals surface area contributed by atoms with Crippen LogP contribution in [-0.2, 0) is 17.1 Å². The van der Waals surface area contributed by atoms with Gasteiger partial charge in [-0.1, -0.05) is 60.3 Å². The number of aromatic nitrogens is 5. The molecule has 0 saturated carbocycles. The average Bonchev–Trinajstić information content (AvgIpc) is 3.49. The largest absolute Gasteiger partial charge is 0.409 e. The van der Waals surface area contributed by atoms with Gasteiger partial charge in [-0.15, -0.1) is 21.5 Å². The van der Waals surface area contributed by atoms with E-state index < -0.39 is 0 Å². The zero-order chi connectivity index (χ0) is 23.5. The molecular formula is C23H18N6O3S2. The number of anilines is 1. The number of rotatable bonds is 7. The highest BCUT2D eigenvalue weighted by Crippen LogP contribution is 2.29. The summed E-state index contributed by atoms with van der Waals surface area (Å²) in [6, 6.07) is 16.9. The molecule has 5 aromatic rings. The lowest BCUT2D eigenvalue weighted by Gasteiger charge is -2.09. The first kappa shape index (κ1) is 22.0. The molecule has 0 radical (unpaired) electrons. The minimum Gasteiger partial charge on any atom is -0.409 e. The maximum absolute atomic E-state index is 13.0. The molecule has 0 aliphatic carbocycles. The minimum atomic E-state index is -0.184. The quantitative estimate of drug-likeness (QED) is 0.338. The van der Waals surface area contributed by atoms with Gasteiger partial charge in [0.15, 0.2) is 10.8 Å². The van der Waals surface area contributed by atoms with Crippen LogP contribution in [0.5, 0.6) is 0 Å². The zero-order valence-electron chi connectivity index (χ0n) is 18.0. The second-order valence-electron chi connectivity index (χ2n) is 7.33. The van der Waals surface area contributed by atoms with Gasteiger partial charge in [-0.2, -0.15) is 5.10 Å². The smallest absolute Gasteiger partial charge is 0.277 e. The van der Waals surface area contributed by atoms with E-state index >= 15 is 0 Å². The fourth-order valence-electron chi connectivity index (χ4n) is 3.34. The van der Waals surface area contributed by atoms with Crippen LogP contribution in [0.15, 0.2) is 74.4 Å². The molecular weight excluding hydrogens is 472 g/mol. The van der Waals surface area contributed by atoms with Gasteiger partial charge in [0.2, 0.25) is 5.91 Å². The summed E-state index contributed by atoms with van der Waals surface area (Å²) >= 11 is 2.69. The first-order valence-electron chi connectivity index (χ1n) is 10.3. The number of amides is 1. The molecule has 3 aromatic heterocycles. The Bertz CT molecular complexity index is 1530. The molecule has 0 atom stereocenters. The van der Waals surface area contributed by atoms with Gasteiger partial charge in [-0.25, -0.2) is 9.67 Å². The Hall–Kier alpha value is -3.83. The highest BCUT2D eigenvalue weighted by Gasteiger charge is 2.18. The number of nitrogens with one attached hydrogen (secondary N) is 1. The third kappa shape index (κ3) is 4.75. The van der Waals surface area contributed by atoms with E-state index in [1.165, 1.54) is 34.7 Å². The molecule has 3 heterocycles. The number of nitrogens with zero attached hydrogens (tertiary/aromatic N) is 5. The monoisotopic (exact) mass is 490 g/mol. The van der Waals surface area contributed by atoms with Crippen molar-refractivity contribution in [1.82, 2.24) is 25.0 Å². The van der Waals surface area contributed by atoms with E-state index in [1.807, 2.05) is 53.9 Å². The Balaban J connectivity index is 1.43. The van der Waals surface area contributed by atoms with Crippen molar-refractivity contribution in [3.05, 3.63) is 81.6 Å². The predicted molar refractivity (Wildman–Crippen MR) is 131 cm³/mol. The summed E-state index contributed by atoms with van der Waals surface area (Å²) in [4.78, 5) is 28.6. The van der Waals surface area contributed by atoms with Gasteiger partial charge in [-0.05, 0) is 11.6 Å². The Morgan fingerprint density at radius 3 is 2.65 bits per heavy atom. The number of carbonyl (C=O) groups excluding carboxylic acids is 1. The third-order valence-electron chi connectivity index (χ3n) is 4.83. The summed E-state index contributed by atoms with van der Waals surface area (Å²) in [5, 5.41) is 19.5. The second-order valence-corrected chi connectivity index (χ2v) is 9.11. The van der Waals surface area contributed by atoms with Crippen molar-refractivity contribution in [1.29, 1.82) is 0 Å². The average molecular weight is 491 g/mol. The van der Waals surface area contributed by atoms with Crippen LogP contribution in [0.1, 0.15) is 18.2 Å². The molecule has 0 spiro atoms. The van der Waals surface area contributed by atoms with Crippen molar-refractivity contribution in [3.63, 3.8) is 0 Å². The Kier molecular flexibility index (Phi) is 6.19. The maximum atomic E-state index is 13.0. The van der Waals surface area contributed by atoms with Crippen molar-refractivity contribution >= 4 is 44.9 Å². The molecule has 0 saturated heterocycles. The molecule has 0 fully saturated rings. The molecule has 0 aliphatic heterocycles. The highest BCUT2D eigenvalue weighted by molar-refractivity contribution is 7.98. The number of carbonyl (C=O) groups is 1. The lowest BCUT2D eigenvalue weighted by molar-refractivity contribution is -0.114. The molecule has 170 valence electrons. The normalized spacial score (nSPS) is 11.1. The van der Waals surface area contributed by atoms with Crippen LogP contribution >= 0.6 is 23.1 Å². The minimum absolute atomic E-state index is 0.163. The van der Waals surface area contributed by atoms with Gasteiger partial charge in [0.25, 0.3) is 16.7 Å². The molecule has 5 rings (SSSR count). The molecule has 0 unspecified atom stereocenters. The number of thioether (sulfide) groups is 1. The molecule has 1 N–H and O–H groups in total. The Morgan fingerprint density at radius 1 is 1.09 bits per heavy atom. The van der Waals surface area contributed by atoms with Gasteiger partial charge >= 0.3 is 0 Å². The second kappa shape index (κ2) is 9.57. The molecule has 11 heteroatoms. The van der Waals surface area contributed by atoms with Crippen molar-refractivity contribution in [2.75, 3.05) is 5.32 Å². The lowest BCUT2D eigenvalue weighted by Crippen LogP contribution is -2.24. The predicted octanol–water partition coefficient (Wildman–Crippen LogP) is 4.20. The fourth-order valence-corrected chi connectivity index (χ4v) is 4.85. The van der Waals surface area contributed by atoms with Crippen LogP contribution in [-0.4, -0.2) is 30.9 Å². The summed E-state index contributed by atoms with van der Waals surface area (Å²) in [5.41, 5.74) is 2.02. The number of benzene rings is 2. The van der Waals surface area contributed by atoms with Crippen LogP contribution in [0.4, 0.5) is 5.13 Å². The Labute approximate surface area is 201 Å². The van der Waals surface area contributed by atoms with Gasteiger partial charge in [0.1, 0.15) is 0 Å². The van der Waals surface area contributed by atoms with Crippen molar-refractivity contribution < 1.29 is 9.21 Å². The van der Waals surface area contributed by atoms with Crippen molar-refractivity contribution in [2.45, 2.75) is 24.4 Å². The summed E-state index contributed by atoms with van der Waals surface area (Å²) in [6.45, 7) is 1.77. The lowest BCUT2D eigenvalue weighted by atomic mass is 10.1. The van der Waals surface area contributed by atoms with Crippen LogP contribution in [0.3, 0.4) is 0 Å². The summed E-state index contributed by atoms with van der Waals surface area (Å²) in [6.07, 6.45) is 0. The maximum Gasteiger partial charge on any atom is 0.277 e. The Morgan fingerprint density at radius 2 is 1.85 bits per heavy atom. The molecule has 34 heavy (non-hydrogen) atoms. The first-order valence-corrected chi connectivity index (χ1v) is 12.2. The molecule has 1 amide bonds. The van der Waals surface area contributed by atoms with Crippen LogP contribution < -0.4 is 10.9 Å². The van der Waals surface area contributed by atoms with E-state index in [2.05, 4.69) is 25.6 Å². The molecule has 0 aliphatic rings. The van der Waals surface area contributed by atoms with E-state index in [0.717, 1.165) is 11.3 Å². The van der Waals surface area contributed by atoms with Crippen molar-refractivity contribution in [2.24, 2.45) is 0 Å². The van der Waals surface area contributed by atoms with Gasteiger partial charge in [0, 0.05) is 23.4 Å². The van der Waals surface area contributed by atoms with Gasteiger partial charge in [0.05, 0.1) is 17.6 Å². The zero-order valence-corrected chi connectivity index (χ0v) is 19.6. The number of thiazole rings is 1. The van der Waals surface area contributed by atoms with Gasteiger partial charge in [-0.3, -0.25) is 9.59 Å². The van der Waals surface area contributed by atoms with E-state index in [1.54, 1.807) is 6.07 Å². The number of fused-ring (bicyclic) bond motifs is 1. The van der Waals surface area contributed by atoms with Crippen LogP contribution in [0.25, 0.3) is 22.4 Å². The van der Waals surface area contributed by atoms with Crippen LogP contribution in [0, 0.1) is 0 Å². The van der Waals surface area contributed by atoms with Crippen LogP contribution in [0.2, 0.25) is 0 Å². The molecule has 2 aromatic carbocycles. The van der Waals surface area contributed by atoms with E-state index in [9.17, 15) is 9.59 Å². The summed E-state index contributed by atoms with van der Waals surface area (Å²) in [7, 11) is 0. The fraction of sp³-hybridized carbons (Fsp3) is 0.130.